The SMILES string of the molecule is CC1(C)CN(c2ncnc3sccc23)C[C@]1(C)O. The summed E-state index contributed by atoms with van der Waals surface area (Å²) in [6.45, 7) is 7.51. The molecule has 0 aromatic carbocycles. The van der Waals surface area contributed by atoms with Crippen LogP contribution in [0, 0.1) is 5.41 Å². The third kappa shape index (κ3) is 1.61. The van der Waals surface area contributed by atoms with Crippen molar-refractivity contribution in [3.05, 3.63) is 17.8 Å². The summed E-state index contributed by atoms with van der Waals surface area (Å²) in [6.07, 6.45) is 1.61. The summed E-state index contributed by atoms with van der Waals surface area (Å²) in [5.41, 5.74) is -0.833. The molecular weight excluding hydrogens is 246 g/mol. The number of nitrogens with zero attached hydrogens (tertiary/aromatic N) is 3. The summed E-state index contributed by atoms with van der Waals surface area (Å²) in [5.74, 6) is 0.937. The molecule has 0 unspecified atom stereocenters. The van der Waals surface area contributed by atoms with Crippen molar-refractivity contribution in [2.45, 2.75) is 26.4 Å². The summed E-state index contributed by atoms with van der Waals surface area (Å²) in [5, 5.41) is 13.6. The number of thiophene rings is 1. The number of aliphatic hydroxyl groups is 1. The second-order valence-corrected chi connectivity index (χ2v) is 6.75. The van der Waals surface area contributed by atoms with E-state index >= 15 is 0 Å². The molecule has 1 atom stereocenters. The molecule has 1 aliphatic rings. The van der Waals surface area contributed by atoms with Gasteiger partial charge in [-0.3, -0.25) is 0 Å². The van der Waals surface area contributed by atoms with E-state index in [1.807, 2.05) is 12.3 Å². The fourth-order valence-corrected chi connectivity index (χ4v) is 3.20. The Morgan fingerprint density at radius 3 is 2.72 bits per heavy atom. The van der Waals surface area contributed by atoms with E-state index in [-0.39, 0.29) is 5.41 Å². The average molecular weight is 263 g/mol. The molecule has 1 fully saturated rings. The van der Waals surface area contributed by atoms with Crippen molar-refractivity contribution in [1.82, 2.24) is 9.97 Å². The lowest BCUT2D eigenvalue weighted by Crippen LogP contribution is -2.40. The van der Waals surface area contributed by atoms with Crippen molar-refractivity contribution < 1.29 is 5.11 Å². The first-order chi connectivity index (χ1) is 8.41. The fourth-order valence-electron chi connectivity index (χ4n) is 2.47. The first-order valence-corrected chi connectivity index (χ1v) is 6.94. The number of hydrogen-bond acceptors (Lipinski definition) is 5. The van der Waals surface area contributed by atoms with Crippen LogP contribution in [0.1, 0.15) is 20.8 Å². The van der Waals surface area contributed by atoms with Crippen LogP contribution in [0.4, 0.5) is 5.82 Å². The third-order valence-electron chi connectivity index (χ3n) is 4.08. The second kappa shape index (κ2) is 3.65. The number of fused-ring (bicyclic) bond motifs is 1. The minimum atomic E-state index is -0.694. The van der Waals surface area contributed by atoms with Gasteiger partial charge >= 0.3 is 0 Å². The van der Waals surface area contributed by atoms with Crippen LogP contribution >= 0.6 is 11.3 Å². The molecule has 2 aromatic rings. The van der Waals surface area contributed by atoms with Crippen molar-refractivity contribution >= 4 is 27.4 Å². The summed E-state index contributed by atoms with van der Waals surface area (Å²) in [7, 11) is 0. The van der Waals surface area contributed by atoms with Gasteiger partial charge in [0.05, 0.1) is 11.0 Å². The van der Waals surface area contributed by atoms with E-state index < -0.39 is 5.60 Å². The van der Waals surface area contributed by atoms with Gasteiger partial charge in [0.25, 0.3) is 0 Å². The van der Waals surface area contributed by atoms with Crippen LogP contribution < -0.4 is 4.90 Å². The largest absolute Gasteiger partial charge is 0.388 e. The molecule has 5 heteroatoms. The Hall–Kier alpha value is -1.20. The van der Waals surface area contributed by atoms with Crippen LogP contribution in [0.25, 0.3) is 10.2 Å². The number of β-amino-alcohol motifs (C(OH)–C–C–N with tert-alkyl or cyclic N) is 1. The highest BCUT2D eigenvalue weighted by Crippen LogP contribution is 2.41. The van der Waals surface area contributed by atoms with Gasteiger partial charge in [-0.1, -0.05) is 13.8 Å². The van der Waals surface area contributed by atoms with Crippen LogP contribution in [0.2, 0.25) is 0 Å². The Kier molecular flexibility index (Phi) is 2.40. The predicted octanol–water partition coefficient (Wildman–Crippen LogP) is 2.29. The Bertz CT molecular complexity index is 575. The Morgan fingerprint density at radius 2 is 2.06 bits per heavy atom. The van der Waals surface area contributed by atoms with Crippen LogP contribution in [0.5, 0.6) is 0 Å². The second-order valence-electron chi connectivity index (χ2n) is 5.85. The molecule has 0 bridgehead atoms. The van der Waals surface area contributed by atoms with E-state index in [1.165, 1.54) is 0 Å². The van der Waals surface area contributed by atoms with E-state index in [0.717, 1.165) is 22.6 Å². The first-order valence-electron chi connectivity index (χ1n) is 6.06. The molecule has 1 saturated heterocycles. The predicted molar refractivity (Wildman–Crippen MR) is 74.0 cm³/mol. The van der Waals surface area contributed by atoms with E-state index in [9.17, 15) is 5.11 Å². The lowest BCUT2D eigenvalue weighted by molar-refractivity contribution is -0.00890. The van der Waals surface area contributed by atoms with Crippen molar-refractivity contribution in [3.8, 4) is 0 Å². The van der Waals surface area contributed by atoms with Gasteiger partial charge in [0, 0.05) is 18.5 Å². The highest BCUT2D eigenvalue weighted by atomic mass is 32.1. The molecule has 2 aromatic heterocycles. The zero-order valence-electron chi connectivity index (χ0n) is 10.8. The molecule has 96 valence electrons. The van der Waals surface area contributed by atoms with E-state index in [0.29, 0.717) is 6.54 Å². The van der Waals surface area contributed by atoms with Crippen molar-refractivity contribution in [2.75, 3.05) is 18.0 Å². The van der Waals surface area contributed by atoms with Gasteiger partial charge in [0.2, 0.25) is 0 Å². The fraction of sp³-hybridized carbons (Fsp3) is 0.538. The lowest BCUT2D eigenvalue weighted by atomic mass is 9.79. The number of aromatic nitrogens is 2. The quantitative estimate of drug-likeness (QED) is 0.857. The van der Waals surface area contributed by atoms with Crippen molar-refractivity contribution in [2.24, 2.45) is 5.41 Å². The average Bonchev–Trinajstić information content (AvgIpc) is 2.81. The summed E-state index contributed by atoms with van der Waals surface area (Å²) in [6, 6.07) is 2.05. The van der Waals surface area contributed by atoms with Gasteiger partial charge in [-0.2, -0.15) is 0 Å². The third-order valence-corrected chi connectivity index (χ3v) is 4.90. The molecule has 0 saturated carbocycles. The molecule has 0 amide bonds. The van der Waals surface area contributed by atoms with Gasteiger partial charge in [0.15, 0.2) is 0 Å². The molecule has 1 N–H and O–H groups in total. The van der Waals surface area contributed by atoms with Crippen molar-refractivity contribution in [1.29, 1.82) is 0 Å². The monoisotopic (exact) mass is 263 g/mol. The smallest absolute Gasteiger partial charge is 0.140 e. The molecule has 0 radical (unpaired) electrons. The molecule has 4 nitrogen and oxygen atoms in total. The molecule has 0 aliphatic carbocycles. The van der Waals surface area contributed by atoms with Crippen LogP contribution in [-0.4, -0.2) is 33.8 Å². The maximum atomic E-state index is 10.5. The highest BCUT2D eigenvalue weighted by Gasteiger charge is 2.48. The maximum absolute atomic E-state index is 10.5. The molecule has 3 rings (SSSR count). The summed E-state index contributed by atoms with van der Waals surface area (Å²) < 4.78 is 0. The maximum Gasteiger partial charge on any atom is 0.140 e. The minimum absolute atomic E-state index is 0.139. The van der Waals surface area contributed by atoms with Crippen LogP contribution in [0.3, 0.4) is 0 Å². The van der Waals surface area contributed by atoms with Crippen molar-refractivity contribution in [3.63, 3.8) is 0 Å². The van der Waals surface area contributed by atoms with Gasteiger partial charge in [-0.25, -0.2) is 9.97 Å². The Morgan fingerprint density at radius 1 is 1.28 bits per heavy atom. The zero-order chi connectivity index (χ0) is 13.0. The molecule has 3 heterocycles. The lowest BCUT2D eigenvalue weighted by Gasteiger charge is -2.30. The molecule has 1 aliphatic heterocycles. The van der Waals surface area contributed by atoms with E-state index in [2.05, 4.69) is 34.8 Å². The molecular formula is C13H17N3OS. The Balaban J connectivity index is 2.05. The van der Waals surface area contributed by atoms with E-state index in [4.69, 9.17) is 0 Å². The standard InChI is InChI=1S/C13H17N3OS/c1-12(2)6-16(7-13(12,3)17)10-9-4-5-18-11(9)15-8-14-10/h4-5,8,17H,6-7H2,1-3H3/t13-/m0/s1. The first kappa shape index (κ1) is 11.9. The topological polar surface area (TPSA) is 49.2 Å². The Labute approximate surface area is 110 Å². The van der Waals surface area contributed by atoms with Gasteiger partial charge < -0.3 is 10.0 Å². The van der Waals surface area contributed by atoms with E-state index in [1.54, 1.807) is 17.7 Å². The van der Waals surface area contributed by atoms with Gasteiger partial charge in [-0.05, 0) is 18.4 Å². The molecule has 0 spiro atoms. The van der Waals surface area contributed by atoms with Gasteiger partial charge in [-0.15, -0.1) is 11.3 Å². The number of anilines is 1. The zero-order valence-corrected chi connectivity index (χ0v) is 11.7. The summed E-state index contributed by atoms with van der Waals surface area (Å²) >= 11 is 1.62. The molecule has 18 heavy (non-hydrogen) atoms. The van der Waals surface area contributed by atoms with Gasteiger partial charge in [0.1, 0.15) is 17.0 Å². The number of rotatable bonds is 1. The van der Waals surface area contributed by atoms with Crippen LogP contribution in [-0.2, 0) is 0 Å². The normalized spacial score (nSPS) is 27.0. The summed E-state index contributed by atoms with van der Waals surface area (Å²) in [4.78, 5) is 11.8. The van der Waals surface area contributed by atoms with Crippen LogP contribution in [0.15, 0.2) is 17.8 Å². The highest BCUT2D eigenvalue weighted by molar-refractivity contribution is 7.16. The minimum Gasteiger partial charge on any atom is -0.388 e. The number of hydrogen-bond donors (Lipinski definition) is 1.